The number of benzene rings is 1. The fourth-order valence-electron chi connectivity index (χ4n) is 2.83. The van der Waals surface area contributed by atoms with Crippen molar-refractivity contribution in [1.82, 2.24) is 5.32 Å². The molecule has 5 heteroatoms. The maximum absolute atomic E-state index is 11.8. The summed E-state index contributed by atoms with van der Waals surface area (Å²) in [6, 6.07) is 7.93. The summed E-state index contributed by atoms with van der Waals surface area (Å²) >= 11 is 0. The summed E-state index contributed by atoms with van der Waals surface area (Å²) in [6.45, 7) is 2.01. The van der Waals surface area contributed by atoms with Gasteiger partial charge in [0.1, 0.15) is 0 Å². The van der Waals surface area contributed by atoms with Gasteiger partial charge in [0.2, 0.25) is 11.8 Å². The minimum absolute atomic E-state index is 0.182. The van der Waals surface area contributed by atoms with E-state index in [4.69, 9.17) is 5.11 Å². The molecule has 0 bridgehead atoms. The van der Waals surface area contributed by atoms with E-state index >= 15 is 0 Å². The fourth-order valence-corrected chi connectivity index (χ4v) is 2.83. The summed E-state index contributed by atoms with van der Waals surface area (Å²) in [5.41, 5.74) is 2.07. The van der Waals surface area contributed by atoms with Gasteiger partial charge >= 0.3 is 0 Å². The predicted molar refractivity (Wildman–Crippen MR) is 74.4 cm³/mol. The van der Waals surface area contributed by atoms with E-state index in [1.54, 1.807) is 0 Å². The highest BCUT2D eigenvalue weighted by Crippen LogP contribution is 2.29. The number of piperidine rings is 1. The topological polar surface area (TPSA) is 69.6 Å². The number of imide groups is 1. The van der Waals surface area contributed by atoms with Gasteiger partial charge in [0.15, 0.2) is 0 Å². The number of amides is 2. The van der Waals surface area contributed by atoms with Crippen LogP contribution in [-0.2, 0) is 9.59 Å². The van der Waals surface area contributed by atoms with Crippen LogP contribution in [-0.4, -0.2) is 36.6 Å². The molecule has 0 saturated carbocycles. The number of nitrogens with one attached hydrogen (secondary N) is 1. The highest BCUT2D eigenvalue weighted by atomic mass is 16.3. The summed E-state index contributed by atoms with van der Waals surface area (Å²) < 4.78 is 0. The fraction of sp³-hybridized carbons (Fsp3) is 0.467. The molecule has 0 spiro atoms. The van der Waals surface area contributed by atoms with Gasteiger partial charge in [-0.05, 0) is 24.1 Å². The summed E-state index contributed by atoms with van der Waals surface area (Å²) in [5, 5.41) is 11.4. The second kappa shape index (κ2) is 5.25. The van der Waals surface area contributed by atoms with Crippen LogP contribution in [0.3, 0.4) is 0 Å². The highest BCUT2D eigenvalue weighted by molar-refractivity contribution is 6.00. The normalized spacial score (nSPS) is 23.4. The second-order valence-corrected chi connectivity index (χ2v) is 5.55. The summed E-state index contributed by atoms with van der Waals surface area (Å²) in [5.74, 6) is -0.218. The molecular formula is C15H18N2O3. The number of rotatable bonds is 3. The van der Waals surface area contributed by atoms with E-state index in [1.165, 1.54) is 0 Å². The molecule has 2 amide bonds. The Kier molecular flexibility index (Phi) is 3.44. The van der Waals surface area contributed by atoms with Crippen LogP contribution < -0.4 is 10.2 Å². The minimum Gasteiger partial charge on any atom is -0.396 e. The molecule has 2 heterocycles. The van der Waals surface area contributed by atoms with E-state index in [0.29, 0.717) is 18.8 Å². The van der Waals surface area contributed by atoms with Crippen LogP contribution in [0.5, 0.6) is 0 Å². The van der Waals surface area contributed by atoms with Crippen LogP contribution in [0.15, 0.2) is 24.3 Å². The molecule has 2 aliphatic rings. The number of hydrogen-bond donors (Lipinski definition) is 2. The minimum atomic E-state index is -0.219. The van der Waals surface area contributed by atoms with Crippen molar-refractivity contribution in [3.8, 4) is 0 Å². The van der Waals surface area contributed by atoms with E-state index in [1.807, 2.05) is 24.3 Å². The molecule has 0 aliphatic carbocycles. The molecule has 2 fully saturated rings. The first-order valence-electron chi connectivity index (χ1n) is 6.97. The molecule has 3 rings (SSSR count). The maximum Gasteiger partial charge on any atom is 0.234 e. The molecule has 2 aliphatic heterocycles. The van der Waals surface area contributed by atoms with E-state index in [9.17, 15) is 9.59 Å². The number of carbonyl (C=O) groups excluding carboxylic acids is 2. The van der Waals surface area contributed by atoms with Crippen molar-refractivity contribution in [2.45, 2.75) is 18.8 Å². The van der Waals surface area contributed by atoms with Crippen molar-refractivity contribution in [3.05, 3.63) is 29.8 Å². The molecule has 2 saturated heterocycles. The predicted octanol–water partition coefficient (Wildman–Crippen LogP) is 0.635. The van der Waals surface area contributed by atoms with Gasteiger partial charge in [-0.1, -0.05) is 12.1 Å². The Bertz CT molecular complexity index is 520. The van der Waals surface area contributed by atoms with Crippen LogP contribution in [0.25, 0.3) is 0 Å². The summed E-state index contributed by atoms with van der Waals surface area (Å²) in [7, 11) is 0. The van der Waals surface area contributed by atoms with Gasteiger partial charge in [-0.3, -0.25) is 14.9 Å². The summed E-state index contributed by atoms with van der Waals surface area (Å²) in [6.07, 6.45) is 0.989. The van der Waals surface area contributed by atoms with Crippen LogP contribution in [0, 0.1) is 5.92 Å². The molecule has 0 radical (unpaired) electrons. The molecule has 1 atom stereocenters. The average molecular weight is 274 g/mol. The van der Waals surface area contributed by atoms with Crippen molar-refractivity contribution in [2.75, 3.05) is 24.6 Å². The average Bonchev–Trinajstić information content (AvgIpc) is 2.39. The van der Waals surface area contributed by atoms with E-state index in [-0.39, 0.29) is 24.3 Å². The number of nitrogens with zero attached hydrogens (tertiary/aromatic N) is 1. The maximum atomic E-state index is 11.8. The van der Waals surface area contributed by atoms with E-state index in [2.05, 4.69) is 10.2 Å². The van der Waals surface area contributed by atoms with E-state index in [0.717, 1.165) is 24.3 Å². The Hall–Kier alpha value is -1.88. The van der Waals surface area contributed by atoms with Crippen molar-refractivity contribution >= 4 is 17.5 Å². The van der Waals surface area contributed by atoms with Crippen molar-refractivity contribution in [2.24, 2.45) is 5.92 Å². The molecule has 1 aromatic carbocycles. The number of hydrogen-bond acceptors (Lipinski definition) is 4. The Labute approximate surface area is 117 Å². The van der Waals surface area contributed by atoms with Crippen molar-refractivity contribution in [1.29, 1.82) is 0 Å². The Balaban J connectivity index is 1.67. The van der Waals surface area contributed by atoms with Crippen molar-refractivity contribution < 1.29 is 14.7 Å². The molecule has 1 aromatic rings. The molecule has 20 heavy (non-hydrogen) atoms. The first kappa shape index (κ1) is 13.1. The largest absolute Gasteiger partial charge is 0.396 e. The van der Waals surface area contributed by atoms with Gasteiger partial charge in [-0.25, -0.2) is 0 Å². The lowest BCUT2D eigenvalue weighted by molar-refractivity contribution is -0.134. The van der Waals surface area contributed by atoms with Crippen molar-refractivity contribution in [3.63, 3.8) is 0 Å². The lowest BCUT2D eigenvalue weighted by Gasteiger charge is -2.40. The van der Waals surface area contributed by atoms with Gasteiger partial charge < -0.3 is 10.0 Å². The zero-order valence-electron chi connectivity index (χ0n) is 11.2. The lowest BCUT2D eigenvalue weighted by Crippen LogP contribution is -2.48. The SMILES string of the molecule is O=C1CC[C@H](c2ccc(N3CC(CO)C3)cc2)C(=O)N1. The third-order valence-electron chi connectivity index (χ3n) is 4.12. The number of aliphatic hydroxyl groups excluding tert-OH is 1. The molecule has 2 N–H and O–H groups in total. The smallest absolute Gasteiger partial charge is 0.234 e. The van der Waals surface area contributed by atoms with Gasteiger partial charge in [-0.2, -0.15) is 0 Å². The van der Waals surface area contributed by atoms with Gasteiger partial charge in [0, 0.05) is 37.7 Å². The van der Waals surface area contributed by atoms with Gasteiger partial charge in [0.25, 0.3) is 0 Å². The molecule has 5 nitrogen and oxygen atoms in total. The highest BCUT2D eigenvalue weighted by Gasteiger charge is 2.29. The zero-order valence-corrected chi connectivity index (χ0v) is 11.2. The lowest BCUT2D eigenvalue weighted by atomic mass is 9.90. The first-order chi connectivity index (χ1) is 9.67. The standard InChI is InChI=1S/C15H18N2O3/c18-9-10-7-17(8-10)12-3-1-11(2-4-12)13-5-6-14(19)16-15(13)20/h1-4,10,13,18H,5-9H2,(H,16,19,20)/t13-/m1/s1. The van der Waals surface area contributed by atoms with Gasteiger partial charge in [-0.15, -0.1) is 0 Å². The van der Waals surface area contributed by atoms with Crippen LogP contribution >= 0.6 is 0 Å². The summed E-state index contributed by atoms with van der Waals surface area (Å²) in [4.78, 5) is 25.1. The van der Waals surface area contributed by atoms with Crippen LogP contribution in [0.1, 0.15) is 24.3 Å². The van der Waals surface area contributed by atoms with Crippen LogP contribution in [0.4, 0.5) is 5.69 Å². The number of anilines is 1. The van der Waals surface area contributed by atoms with Gasteiger partial charge in [0.05, 0.1) is 5.92 Å². The first-order valence-corrected chi connectivity index (χ1v) is 6.97. The molecule has 106 valence electrons. The Morgan fingerprint density at radius 2 is 1.90 bits per heavy atom. The Morgan fingerprint density at radius 3 is 2.50 bits per heavy atom. The third kappa shape index (κ3) is 2.41. The number of carbonyl (C=O) groups is 2. The second-order valence-electron chi connectivity index (χ2n) is 5.55. The quantitative estimate of drug-likeness (QED) is 0.793. The monoisotopic (exact) mass is 274 g/mol. The Morgan fingerprint density at radius 1 is 1.20 bits per heavy atom. The third-order valence-corrected chi connectivity index (χ3v) is 4.12. The molecule has 0 aromatic heterocycles. The van der Waals surface area contributed by atoms with E-state index < -0.39 is 0 Å². The number of aliphatic hydroxyl groups is 1. The van der Waals surface area contributed by atoms with Crippen LogP contribution in [0.2, 0.25) is 0 Å². The molecular weight excluding hydrogens is 256 g/mol. The molecule has 0 unspecified atom stereocenters. The zero-order chi connectivity index (χ0) is 14.1.